The molecule has 2 N–H and O–H groups in total. The van der Waals surface area contributed by atoms with Crippen molar-refractivity contribution in [3.05, 3.63) is 46.1 Å². The number of benzene rings is 1. The first-order valence-electron chi connectivity index (χ1n) is 8.64. The number of rotatable bonds is 6. The van der Waals surface area contributed by atoms with Gasteiger partial charge in [0.15, 0.2) is 17.3 Å². The lowest BCUT2D eigenvalue weighted by Gasteiger charge is -2.15. The predicted octanol–water partition coefficient (Wildman–Crippen LogP) is 4.02. The Labute approximate surface area is 157 Å². The third kappa shape index (κ3) is 4.16. The van der Waals surface area contributed by atoms with Gasteiger partial charge in [0.05, 0.1) is 19.2 Å². The molecule has 0 saturated heterocycles. The number of thiazole rings is 1. The number of nitrogens with one attached hydrogen (secondary N) is 2. The first kappa shape index (κ1) is 18.3. The summed E-state index contributed by atoms with van der Waals surface area (Å²) in [6.45, 7) is 7.30. The fraction of sp³-hybridized carbons (Fsp3) is 0.368. The van der Waals surface area contributed by atoms with Crippen LogP contribution in [0.1, 0.15) is 35.5 Å². The second kappa shape index (κ2) is 8.23. The van der Waals surface area contributed by atoms with Gasteiger partial charge in [0.1, 0.15) is 10.8 Å². The van der Waals surface area contributed by atoms with E-state index in [1.807, 2.05) is 51.2 Å². The molecule has 2 aromatic heterocycles. The zero-order chi connectivity index (χ0) is 18.5. The monoisotopic (exact) mass is 372 g/mol. The average Bonchev–Trinajstić information content (AvgIpc) is 3.25. The molecular formula is C19H24N4O2S. The molecule has 3 rings (SSSR count). The molecule has 1 atom stereocenters. The van der Waals surface area contributed by atoms with Crippen LogP contribution in [0.4, 0.5) is 0 Å². The second-order valence-corrected chi connectivity index (χ2v) is 7.23. The number of para-hydroxylation sites is 1. The van der Waals surface area contributed by atoms with Gasteiger partial charge < -0.3 is 19.8 Å². The molecule has 1 unspecified atom stereocenters. The second-order valence-electron chi connectivity index (χ2n) is 5.91. The third-order valence-electron chi connectivity index (χ3n) is 3.91. The largest absolute Gasteiger partial charge is 0.490 e. The number of ether oxygens (including phenoxy) is 1. The number of hydrogen-bond donors (Lipinski definition) is 2. The Morgan fingerprint density at radius 1 is 1.42 bits per heavy atom. The molecule has 0 radical (unpaired) electrons. The van der Waals surface area contributed by atoms with Crippen molar-refractivity contribution in [2.45, 2.75) is 33.4 Å². The molecule has 0 amide bonds. The predicted molar refractivity (Wildman–Crippen MR) is 106 cm³/mol. The van der Waals surface area contributed by atoms with E-state index in [1.165, 1.54) is 4.88 Å². The Morgan fingerprint density at radius 3 is 2.96 bits per heavy atom. The molecule has 0 aliphatic rings. The summed E-state index contributed by atoms with van der Waals surface area (Å²) in [5.74, 6) is 2.31. The maximum atomic E-state index is 6.04. The lowest BCUT2D eigenvalue weighted by atomic mass is 10.2. The Bertz CT molecular complexity index is 900. The number of aromatic nitrogens is 1. The minimum Gasteiger partial charge on any atom is -0.490 e. The van der Waals surface area contributed by atoms with Crippen LogP contribution in [0.25, 0.3) is 11.0 Å². The van der Waals surface area contributed by atoms with E-state index in [1.54, 1.807) is 18.4 Å². The standard InChI is InChI=1S/C19H24N4O2S/c1-5-24-15-8-6-7-14-9-16(25-18(14)15)13(3)23-19(20-4)22-11-17-21-10-12(2)26-17/h6-10,13H,5,11H2,1-4H3,(H2,20,22,23). The van der Waals surface area contributed by atoms with Gasteiger partial charge in [0.25, 0.3) is 0 Å². The number of hydrogen-bond acceptors (Lipinski definition) is 5. The van der Waals surface area contributed by atoms with Gasteiger partial charge in [-0.05, 0) is 32.9 Å². The molecule has 6 nitrogen and oxygen atoms in total. The molecule has 0 fully saturated rings. The Morgan fingerprint density at radius 2 is 2.27 bits per heavy atom. The van der Waals surface area contributed by atoms with Gasteiger partial charge in [-0.2, -0.15) is 0 Å². The van der Waals surface area contributed by atoms with E-state index in [0.29, 0.717) is 19.1 Å². The Balaban J connectivity index is 1.68. The SMILES string of the molecule is CCOc1cccc2cc(C(C)NC(=NC)NCc3ncc(C)s3)oc12. The highest BCUT2D eigenvalue weighted by Gasteiger charge is 2.15. The maximum Gasteiger partial charge on any atom is 0.191 e. The first-order chi connectivity index (χ1) is 12.6. The van der Waals surface area contributed by atoms with Gasteiger partial charge in [-0.15, -0.1) is 11.3 Å². The van der Waals surface area contributed by atoms with Crippen LogP contribution in [0, 0.1) is 6.92 Å². The van der Waals surface area contributed by atoms with Crippen LogP contribution in [0.2, 0.25) is 0 Å². The van der Waals surface area contributed by atoms with Crippen molar-refractivity contribution in [3.63, 3.8) is 0 Å². The highest BCUT2D eigenvalue weighted by Crippen LogP contribution is 2.31. The number of fused-ring (bicyclic) bond motifs is 1. The van der Waals surface area contributed by atoms with E-state index in [2.05, 4.69) is 20.6 Å². The summed E-state index contributed by atoms with van der Waals surface area (Å²) in [5.41, 5.74) is 0.777. The molecule has 26 heavy (non-hydrogen) atoms. The smallest absolute Gasteiger partial charge is 0.191 e. The summed E-state index contributed by atoms with van der Waals surface area (Å²) in [4.78, 5) is 9.84. The van der Waals surface area contributed by atoms with Crippen molar-refractivity contribution in [3.8, 4) is 5.75 Å². The van der Waals surface area contributed by atoms with E-state index in [-0.39, 0.29) is 6.04 Å². The number of nitrogens with zero attached hydrogens (tertiary/aromatic N) is 2. The van der Waals surface area contributed by atoms with Gasteiger partial charge in [-0.3, -0.25) is 4.99 Å². The zero-order valence-corrected chi connectivity index (χ0v) is 16.3. The topological polar surface area (TPSA) is 71.7 Å². The van der Waals surface area contributed by atoms with Gasteiger partial charge in [-0.1, -0.05) is 12.1 Å². The number of aliphatic imine (C=N–C) groups is 1. The summed E-state index contributed by atoms with van der Waals surface area (Å²) < 4.78 is 11.7. The highest BCUT2D eigenvalue weighted by atomic mass is 32.1. The number of aryl methyl sites for hydroxylation is 1. The van der Waals surface area contributed by atoms with Crippen LogP contribution >= 0.6 is 11.3 Å². The van der Waals surface area contributed by atoms with Gasteiger partial charge in [0, 0.05) is 23.5 Å². The van der Waals surface area contributed by atoms with Crippen molar-refractivity contribution < 1.29 is 9.15 Å². The fourth-order valence-corrected chi connectivity index (χ4v) is 3.38. The van der Waals surface area contributed by atoms with Crippen LogP contribution in [0.5, 0.6) is 5.75 Å². The van der Waals surface area contributed by atoms with Gasteiger partial charge in [0.2, 0.25) is 0 Å². The molecule has 2 heterocycles. The molecule has 0 saturated carbocycles. The van der Waals surface area contributed by atoms with Crippen LogP contribution in [0.3, 0.4) is 0 Å². The van der Waals surface area contributed by atoms with Crippen molar-refractivity contribution in [1.82, 2.24) is 15.6 Å². The molecule has 3 aromatic rings. The molecule has 1 aromatic carbocycles. The molecule has 0 aliphatic carbocycles. The van der Waals surface area contributed by atoms with Crippen molar-refractivity contribution >= 4 is 28.3 Å². The third-order valence-corrected chi connectivity index (χ3v) is 4.82. The van der Waals surface area contributed by atoms with E-state index in [4.69, 9.17) is 9.15 Å². The Hall–Kier alpha value is -2.54. The molecule has 0 bridgehead atoms. The molecular weight excluding hydrogens is 348 g/mol. The minimum atomic E-state index is -0.0406. The summed E-state index contributed by atoms with van der Waals surface area (Å²) in [7, 11) is 1.75. The number of guanidine groups is 1. The summed E-state index contributed by atoms with van der Waals surface area (Å²) in [5, 5.41) is 8.70. The average molecular weight is 372 g/mol. The minimum absolute atomic E-state index is 0.0406. The van der Waals surface area contributed by atoms with Crippen LogP contribution in [-0.2, 0) is 6.54 Å². The van der Waals surface area contributed by atoms with Crippen LogP contribution < -0.4 is 15.4 Å². The van der Waals surface area contributed by atoms with E-state index in [9.17, 15) is 0 Å². The molecule has 138 valence electrons. The first-order valence-corrected chi connectivity index (χ1v) is 9.46. The van der Waals surface area contributed by atoms with E-state index in [0.717, 1.165) is 27.5 Å². The zero-order valence-electron chi connectivity index (χ0n) is 15.5. The van der Waals surface area contributed by atoms with Crippen molar-refractivity contribution in [2.75, 3.05) is 13.7 Å². The number of furan rings is 1. The summed E-state index contributed by atoms with van der Waals surface area (Å²) in [6.07, 6.45) is 1.88. The van der Waals surface area contributed by atoms with Crippen molar-refractivity contribution in [1.29, 1.82) is 0 Å². The lowest BCUT2D eigenvalue weighted by molar-refractivity contribution is 0.336. The highest BCUT2D eigenvalue weighted by molar-refractivity contribution is 7.11. The molecule has 0 aliphatic heterocycles. The normalized spacial score (nSPS) is 13.0. The lowest BCUT2D eigenvalue weighted by Crippen LogP contribution is -2.38. The van der Waals surface area contributed by atoms with Gasteiger partial charge >= 0.3 is 0 Å². The fourth-order valence-electron chi connectivity index (χ4n) is 2.65. The molecule has 0 spiro atoms. The van der Waals surface area contributed by atoms with Gasteiger partial charge in [-0.25, -0.2) is 4.98 Å². The summed E-state index contributed by atoms with van der Waals surface area (Å²) >= 11 is 1.68. The van der Waals surface area contributed by atoms with Crippen LogP contribution in [-0.4, -0.2) is 24.6 Å². The van der Waals surface area contributed by atoms with E-state index < -0.39 is 0 Å². The van der Waals surface area contributed by atoms with Crippen LogP contribution in [0.15, 0.2) is 39.9 Å². The Kier molecular flexibility index (Phi) is 5.78. The maximum absolute atomic E-state index is 6.04. The quantitative estimate of drug-likeness (QED) is 0.505. The van der Waals surface area contributed by atoms with Crippen molar-refractivity contribution in [2.24, 2.45) is 4.99 Å². The summed E-state index contributed by atoms with van der Waals surface area (Å²) in [6, 6.07) is 7.92. The van der Waals surface area contributed by atoms with E-state index >= 15 is 0 Å². The molecule has 7 heteroatoms.